The molecule has 1 saturated heterocycles. The molecule has 1 aliphatic rings. The van der Waals surface area contributed by atoms with E-state index < -0.39 is 0 Å². The molecule has 0 aromatic heterocycles. The molecule has 5 nitrogen and oxygen atoms in total. The van der Waals surface area contributed by atoms with Gasteiger partial charge >= 0.3 is 0 Å². The number of nitrogens with zero attached hydrogens (tertiary/aromatic N) is 2. The van der Waals surface area contributed by atoms with E-state index >= 15 is 0 Å². The van der Waals surface area contributed by atoms with Gasteiger partial charge in [0.2, 0.25) is 0 Å². The summed E-state index contributed by atoms with van der Waals surface area (Å²) in [6.07, 6.45) is 4.93. The van der Waals surface area contributed by atoms with Crippen LogP contribution in [0.2, 0.25) is 0 Å². The second-order valence-electron chi connectivity index (χ2n) is 8.36. The van der Waals surface area contributed by atoms with Crippen molar-refractivity contribution < 1.29 is 4.74 Å². The predicted octanol–water partition coefficient (Wildman–Crippen LogP) is 3.79. The van der Waals surface area contributed by atoms with Crippen molar-refractivity contribution in [3.63, 3.8) is 0 Å². The molecule has 2 rings (SSSR count). The van der Waals surface area contributed by atoms with Crippen molar-refractivity contribution in [2.24, 2.45) is 4.99 Å². The fourth-order valence-corrected chi connectivity index (χ4v) is 3.33. The monoisotopic (exact) mass is 374 g/mol. The predicted molar refractivity (Wildman–Crippen MR) is 115 cm³/mol. The first-order chi connectivity index (χ1) is 12.9. The van der Waals surface area contributed by atoms with Crippen LogP contribution in [0.5, 0.6) is 5.75 Å². The zero-order valence-electron chi connectivity index (χ0n) is 17.8. The second kappa shape index (κ2) is 10.5. The van der Waals surface area contributed by atoms with Crippen molar-refractivity contribution in [2.75, 3.05) is 26.7 Å². The lowest BCUT2D eigenvalue weighted by Gasteiger charge is -2.33. The van der Waals surface area contributed by atoms with Crippen LogP contribution in [0.4, 0.5) is 0 Å². The van der Waals surface area contributed by atoms with Crippen LogP contribution in [0.25, 0.3) is 0 Å². The van der Waals surface area contributed by atoms with Crippen molar-refractivity contribution in [3.05, 3.63) is 29.8 Å². The number of hydrogen-bond donors (Lipinski definition) is 2. The molecule has 0 atom stereocenters. The van der Waals surface area contributed by atoms with Gasteiger partial charge in [0, 0.05) is 38.3 Å². The van der Waals surface area contributed by atoms with Crippen LogP contribution < -0.4 is 15.4 Å². The van der Waals surface area contributed by atoms with Crippen molar-refractivity contribution in [1.29, 1.82) is 0 Å². The Bertz CT molecular complexity index is 586. The molecule has 152 valence electrons. The maximum absolute atomic E-state index is 6.09. The Morgan fingerprint density at radius 1 is 1.22 bits per heavy atom. The molecule has 1 aromatic rings. The highest BCUT2D eigenvalue weighted by Gasteiger charge is 2.20. The van der Waals surface area contributed by atoms with E-state index in [0.29, 0.717) is 12.6 Å². The molecule has 0 amide bonds. The molecule has 1 aromatic carbocycles. The van der Waals surface area contributed by atoms with Gasteiger partial charge in [-0.1, -0.05) is 31.5 Å². The zero-order chi connectivity index (χ0) is 19.7. The fraction of sp³-hybridized carbons (Fsp3) is 0.682. The van der Waals surface area contributed by atoms with E-state index in [1.54, 1.807) is 0 Å². The quantitative estimate of drug-likeness (QED) is 0.563. The topological polar surface area (TPSA) is 48.9 Å². The average Bonchev–Trinajstić information content (AvgIpc) is 2.64. The standard InChI is InChI=1S/C22H38N4O/c1-6-7-14-26-15-12-19(13-16-26)25-21(23-5)24-17-18-10-8-9-11-20(18)27-22(2,3)4/h8-11,19H,6-7,12-17H2,1-5H3,(H2,23,24,25). The van der Waals surface area contributed by atoms with E-state index in [-0.39, 0.29) is 5.60 Å². The van der Waals surface area contributed by atoms with E-state index in [9.17, 15) is 0 Å². The van der Waals surface area contributed by atoms with Crippen molar-refractivity contribution in [1.82, 2.24) is 15.5 Å². The largest absolute Gasteiger partial charge is 0.488 e. The van der Waals surface area contributed by atoms with Gasteiger partial charge in [-0.15, -0.1) is 0 Å². The van der Waals surface area contributed by atoms with Gasteiger partial charge in [-0.05, 0) is 52.6 Å². The number of hydrogen-bond acceptors (Lipinski definition) is 3. The first-order valence-corrected chi connectivity index (χ1v) is 10.4. The minimum absolute atomic E-state index is 0.207. The Kier molecular flexibility index (Phi) is 8.42. The van der Waals surface area contributed by atoms with Crippen molar-refractivity contribution in [2.45, 2.75) is 71.6 Å². The number of para-hydroxylation sites is 1. The lowest BCUT2D eigenvalue weighted by molar-refractivity contribution is 0.129. The Morgan fingerprint density at radius 3 is 2.56 bits per heavy atom. The SMILES string of the molecule is CCCCN1CCC(NC(=NC)NCc2ccccc2OC(C)(C)C)CC1. The smallest absolute Gasteiger partial charge is 0.191 e. The maximum Gasteiger partial charge on any atom is 0.191 e. The van der Waals surface area contributed by atoms with Gasteiger partial charge in [-0.3, -0.25) is 4.99 Å². The molecule has 1 heterocycles. The number of benzene rings is 1. The number of rotatable bonds is 7. The summed E-state index contributed by atoms with van der Waals surface area (Å²) in [5.41, 5.74) is 0.937. The van der Waals surface area contributed by atoms with Crippen LogP contribution in [0.1, 0.15) is 58.9 Å². The molecule has 0 aliphatic carbocycles. The van der Waals surface area contributed by atoms with E-state index in [1.807, 2.05) is 19.2 Å². The van der Waals surface area contributed by atoms with Gasteiger partial charge in [-0.25, -0.2) is 0 Å². The highest BCUT2D eigenvalue weighted by atomic mass is 16.5. The summed E-state index contributed by atoms with van der Waals surface area (Å²) in [5, 5.41) is 7.04. The zero-order valence-corrected chi connectivity index (χ0v) is 17.8. The maximum atomic E-state index is 6.09. The second-order valence-corrected chi connectivity index (χ2v) is 8.36. The van der Waals surface area contributed by atoms with Gasteiger partial charge < -0.3 is 20.3 Å². The third-order valence-electron chi connectivity index (χ3n) is 4.81. The summed E-state index contributed by atoms with van der Waals surface area (Å²) in [4.78, 5) is 6.99. The van der Waals surface area contributed by atoms with E-state index in [2.05, 4.69) is 60.4 Å². The third kappa shape index (κ3) is 7.79. The Hall–Kier alpha value is -1.75. The molecule has 1 aliphatic heterocycles. The number of aliphatic imine (C=N–C) groups is 1. The summed E-state index contributed by atoms with van der Waals surface area (Å²) in [7, 11) is 1.84. The number of nitrogens with one attached hydrogen (secondary N) is 2. The average molecular weight is 375 g/mol. The Labute approximate surface area is 165 Å². The van der Waals surface area contributed by atoms with Crippen LogP contribution in [0, 0.1) is 0 Å². The van der Waals surface area contributed by atoms with E-state index in [4.69, 9.17) is 4.74 Å². The minimum Gasteiger partial charge on any atom is -0.488 e. The molecule has 1 fully saturated rings. The van der Waals surface area contributed by atoms with Crippen LogP contribution in [0.15, 0.2) is 29.3 Å². The molecular weight excluding hydrogens is 336 g/mol. The minimum atomic E-state index is -0.207. The van der Waals surface area contributed by atoms with Gasteiger partial charge in [0.15, 0.2) is 5.96 Å². The summed E-state index contributed by atoms with van der Waals surface area (Å²) in [6, 6.07) is 8.70. The molecule has 0 bridgehead atoms. The van der Waals surface area contributed by atoms with Crippen LogP contribution in [0.3, 0.4) is 0 Å². The molecule has 0 spiro atoms. The molecule has 0 saturated carbocycles. The van der Waals surface area contributed by atoms with E-state index in [1.165, 1.54) is 45.3 Å². The van der Waals surface area contributed by atoms with Gasteiger partial charge in [-0.2, -0.15) is 0 Å². The van der Waals surface area contributed by atoms with Crippen LogP contribution in [-0.4, -0.2) is 49.2 Å². The Morgan fingerprint density at radius 2 is 1.93 bits per heavy atom. The third-order valence-corrected chi connectivity index (χ3v) is 4.81. The highest BCUT2D eigenvalue weighted by Crippen LogP contribution is 2.22. The molecule has 5 heteroatoms. The molecule has 2 N–H and O–H groups in total. The number of guanidine groups is 1. The first kappa shape index (κ1) is 21.5. The molecule has 0 radical (unpaired) electrons. The van der Waals surface area contributed by atoms with Crippen molar-refractivity contribution >= 4 is 5.96 Å². The fourth-order valence-electron chi connectivity index (χ4n) is 3.33. The highest BCUT2D eigenvalue weighted by molar-refractivity contribution is 5.80. The molecule has 27 heavy (non-hydrogen) atoms. The first-order valence-electron chi connectivity index (χ1n) is 10.4. The van der Waals surface area contributed by atoms with Crippen LogP contribution >= 0.6 is 0 Å². The lowest BCUT2D eigenvalue weighted by atomic mass is 10.0. The summed E-state index contributed by atoms with van der Waals surface area (Å²) in [6.45, 7) is 12.8. The number of likely N-dealkylation sites (tertiary alicyclic amines) is 1. The number of ether oxygens (including phenoxy) is 1. The number of unbranched alkanes of at least 4 members (excludes halogenated alkanes) is 1. The lowest BCUT2D eigenvalue weighted by Crippen LogP contribution is -2.48. The van der Waals surface area contributed by atoms with Gasteiger partial charge in [0.1, 0.15) is 11.4 Å². The number of piperidine rings is 1. The van der Waals surface area contributed by atoms with Gasteiger partial charge in [0.25, 0.3) is 0 Å². The summed E-state index contributed by atoms with van der Waals surface area (Å²) < 4.78 is 6.09. The van der Waals surface area contributed by atoms with Gasteiger partial charge in [0.05, 0.1) is 0 Å². The normalized spacial score (nSPS) is 17.0. The van der Waals surface area contributed by atoms with Crippen molar-refractivity contribution in [3.8, 4) is 5.75 Å². The summed E-state index contributed by atoms with van der Waals surface area (Å²) >= 11 is 0. The summed E-state index contributed by atoms with van der Waals surface area (Å²) in [5.74, 6) is 1.80. The molecular formula is C22H38N4O. The van der Waals surface area contributed by atoms with E-state index in [0.717, 1.165) is 17.3 Å². The molecule has 0 unspecified atom stereocenters. The Balaban J connectivity index is 1.83. The van der Waals surface area contributed by atoms with Crippen LogP contribution in [-0.2, 0) is 6.54 Å².